The molecule has 0 spiro atoms. The Balaban J connectivity index is 0.00000304. The fourth-order valence-corrected chi connectivity index (χ4v) is 4.80. The van der Waals surface area contributed by atoms with Crippen LogP contribution in [0.15, 0.2) is 97.1 Å². The van der Waals surface area contributed by atoms with Crippen molar-refractivity contribution in [3.8, 4) is 33.5 Å². The molecule has 0 aliphatic carbocycles. The number of fused-ring (bicyclic) bond motifs is 1. The Kier molecular flexibility index (Phi) is 8.86. The van der Waals surface area contributed by atoms with Crippen LogP contribution in [0.5, 0.6) is 0 Å². The predicted molar refractivity (Wildman–Crippen MR) is 149 cm³/mol. The smallest absolute Gasteiger partial charge is 0.0601 e. The molecule has 36 heavy (non-hydrogen) atoms. The fraction of sp³-hybridized carbons (Fsp3) is 0.206. The summed E-state index contributed by atoms with van der Waals surface area (Å²) in [4.78, 5) is 5.03. The van der Waals surface area contributed by atoms with E-state index in [2.05, 4.69) is 117 Å². The van der Waals surface area contributed by atoms with Crippen LogP contribution >= 0.6 is 0 Å². The Morgan fingerprint density at radius 3 is 2.22 bits per heavy atom. The SMILES string of the molecule is CCCCCCc1ccc(-c2cc(-c3cc(-c4ccccc4)c4ccccc4n3)[c-]cc2C)cc1.[Ir]. The van der Waals surface area contributed by atoms with E-state index >= 15 is 0 Å². The first-order valence-corrected chi connectivity index (χ1v) is 12.8. The minimum atomic E-state index is 0. The number of hydrogen-bond donors (Lipinski definition) is 0. The Labute approximate surface area is 229 Å². The van der Waals surface area contributed by atoms with Gasteiger partial charge in [-0.1, -0.05) is 118 Å². The summed E-state index contributed by atoms with van der Waals surface area (Å²) in [5.74, 6) is 0. The maximum atomic E-state index is 5.03. The van der Waals surface area contributed by atoms with Gasteiger partial charge < -0.3 is 0 Å². The number of rotatable bonds is 8. The van der Waals surface area contributed by atoms with Crippen molar-refractivity contribution in [2.45, 2.75) is 46.0 Å². The van der Waals surface area contributed by atoms with E-state index in [4.69, 9.17) is 4.98 Å². The molecule has 4 aromatic carbocycles. The van der Waals surface area contributed by atoms with Gasteiger partial charge in [0.2, 0.25) is 0 Å². The van der Waals surface area contributed by atoms with E-state index in [0.717, 1.165) is 23.2 Å². The van der Waals surface area contributed by atoms with E-state index in [1.54, 1.807) is 0 Å². The van der Waals surface area contributed by atoms with Gasteiger partial charge >= 0.3 is 0 Å². The van der Waals surface area contributed by atoms with E-state index < -0.39 is 0 Å². The van der Waals surface area contributed by atoms with Gasteiger partial charge in [0, 0.05) is 25.5 Å². The molecule has 1 heterocycles. The zero-order valence-electron chi connectivity index (χ0n) is 21.1. The molecule has 0 saturated carbocycles. The predicted octanol–water partition coefficient (Wildman–Crippen LogP) is 9.46. The number of benzene rings is 4. The second-order valence-electron chi connectivity index (χ2n) is 9.39. The third kappa shape index (κ3) is 5.84. The average Bonchev–Trinajstić information content (AvgIpc) is 2.92. The Morgan fingerprint density at radius 1 is 0.722 bits per heavy atom. The number of hydrogen-bond acceptors (Lipinski definition) is 1. The molecule has 5 rings (SSSR count). The van der Waals surface area contributed by atoms with Crippen LogP contribution in [0.3, 0.4) is 0 Å². The van der Waals surface area contributed by atoms with Crippen LogP contribution in [0, 0.1) is 13.0 Å². The normalized spacial score (nSPS) is 10.8. The van der Waals surface area contributed by atoms with Crippen LogP contribution in [0.4, 0.5) is 0 Å². The first-order chi connectivity index (χ1) is 17.2. The molecule has 0 fully saturated rings. The molecule has 1 aromatic heterocycles. The number of unbranched alkanes of at least 4 members (excludes halogenated alkanes) is 3. The number of pyridine rings is 1. The van der Waals surface area contributed by atoms with Crippen molar-refractivity contribution in [3.05, 3.63) is 114 Å². The quantitative estimate of drug-likeness (QED) is 0.121. The summed E-state index contributed by atoms with van der Waals surface area (Å²) in [6.45, 7) is 4.43. The van der Waals surface area contributed by atoms with Crippen LogP contribution in [0.25, 0.3) is 44.4 Å². The van der Waals surface area contributed by atoms with E-state index in [-0.39, 0.29) is 20.1 Å². The second-order valence-corrected chi connectivity index (χ2v) is 9.39. The minimum Gasteiger partial charge on any atom is -0.296 e. The largest absolute Gasteiger partial charge is 0.296 e. The molecular formula is C34H32IrN-. The summed E-state index contributed by atoms with van der Waals surface area (Å²) < 4.78 is 0. The summed E-state index contributed by atoms with van der Waals surface area (Å²) in [6, 6.07) is 38.1. The van der Waals surface area contributed by atoms with E-state index in [1.165, 1.54) is 64.5 Å². The molecule has 0 N–H and O–H groups in total. The van der Waals surface area contributed by atoms with Gasteiger partial charge in [-0.15, -0.1) is 29.3 Å². The van der Waals surface area contributed by atoms with Crippen molar-refractivity contribution in [1.29, 1.82) is 0 Å². The van der Waals surface area contributed by atoms with Gasteiger partial charge in [0.25, 0.3) is 0 Å². The standard InChI is InChI=1S/C34H32N.Ir/c1-3-4-5-7-12-26-18-21-28(22-19-26)31-23-29(20-17-25(31)2)34-24-32(27-13-8-6-9-14-27)30-15-10-11-16-33(30)35-34;/h6,8-11,13-19,21-24H,3-5,7,12H2,1-2H3;/q-1;. The molecule has 0 bridgehead atoms. The van der Waals surface area contributed by atoms with Gasteiger partial charge in [0.15, 0.2) is 0 Å². The van der Waals surface area contributed by atoms with Crippen LogP contribution in [0.1, 0.15) is 43.7 Å². The molecule has 0 unspecified atom stereocenters. The van der Waals surface area contributed by atoms with Crippen LogP contribution in [-0.4, -0.2) is 4.98 Å². The maximum absolute atomic E-state index is 5.03. The molecule has 1 nitrogen and oxygen atoms in total. The molecular weight excluding hydrogens is 615 g/mol. The molecule has 183 valence electrons. The Hall–Kier alpha value is -3.06. The summed E-state index contributed by atoms with van der Waals surface area (Å²) in [5, 5.41) is 1.17. The van der Waals surface area contributed by atoms with Crippen molar-refractivity contribution in [3.63, 3.8) is 0 Å². The maximum Gasteiger partial charge on any atom is 0.0601 e. The van der Waals surface area contributed by atoms with E-state index in [1.807, 2.05) is 0 Å². The average molecular weight is 647 g/mol. The monoisotopic (exact) mass is 647 g/mol. The third-order valence-corrected chi connectivity index (χ3v) is 6.82. The Bertz CT molecular complexity index is 1420. The van der Waals surface area contributed by atoms with Crippen molar-refractivity contribution < 1.29 is 20.1 Å². The zero-order chi connectivity index (χ0) is 24.0. The molecule has 5 aromatic rings. The molecule has 0 atom stereocenters. The minimum absolute atomic E-state index is 0. The Morgan fingerprint density at radius 2 is 1.44 bits per heavy atom. The molecule has 0 amide bonds. The number of aryl methyl sites for hydroxylation is 2. The van der Waals surface area contributed by atoms with Crippen LogP contribution in [0.2, 0.25) is 0 Å². The summed E-state index contributed by atoms with van der Waals surface area (Å²) in [6.07, 6.45) is 6.36. The van der Waals surface area contributed by atoms with Gasteiger partial charge in [-0.3, -0.25) is 4.98 Å². The van der Waals surface area contributed by atoms with Crippen LogP contribution in [-0.2, 0) is 26.5 Å². The topological polar surface area (TPSA) is 12.9 Å². The van der Waals surface area contributed by atoms with E-state index in [9.17, 15) is 0 Å². The van der Waals surface area contributed by atoms with Gasteiger partial charge in [-0.2, -0.15) is 0 Å². The number of nitrogens with zero attached hydrogens (tertiary/aromatic N) is 1. The fourth-order valence-electron chi connectivity index (χ4n) is 4.80. The third-order valence-electron chi connectivity index (χ3n) is 6.82. The summed E-state index contributed by atoms with van der Waals surface area (Å²) >= 11 is 0. The first kappa shape index (κ1) is 26.0. The second kappa shape index (κ2) is 12.3. The molecule has 0 saturated heterocycles. The molecule has 1 radical (unpaired) electrons. The van der Waals surface area contributed by atoms with Crippen LogP contribution < -0.4 is 0 Å². The van der Waals surface area contributed by atoms with Gasteiger partial charge in [-0.05, 0) is 46.9 Å². The van der Waals surface area contributed by atoms with E-state index in [0.29, 0.717) is 0 Å². The molecule has 2 heteroatoms. The van der Waals surface area contributed by atoms with Gasteiger partial charge in [-0.25, -0.2) is 0 Å². The van der Waals surface area contributed by atoms with Gasteiger partial charge in [0.1, 0.15) is 0 Å². The van der Waals surface area contributed by atoms with Crippen molar-refractivity contribution in [2.24, 2.45) is 0 Å². The molecule has 0 aliphatic rings. The van der Waals surface area contributed by atoms with Crippen molar-refractivity contribution in [1.82, 2.24) is 4.98 Å². The summed E-state index contributed by atoms with van der Waals surface area (Å²) in [5.41, 5.74) is 10.5. The number of aromatic nitrogens is 1. The number of para-hydroxylation sites is 1. The zero-order valence-corrected chi connectivity index (χ0v) is 23.4. The van der Waals surface area contributed by atoms with Crippen molar-refractivity contribution >= 4 is 10.9 Å². The summed E-state index contributed by atoms with van der Waals surface area (Å²) in [7, 11) is 0. The molecule has 0 aliphatic heterocycles. The van der Waals surface area contributed by atoms with Crippen molar-refractivity contribution in [2.75, 3.05) is 0 Å². The first-order valence-electron chi connectivity index (χ1n) is 12.8. The van der Waals surface area contributed by atoms with Gasteiger partial charge in [0.05, 0.1) is 5.52 Å².